The molecular weight excluding hydrogens is 1180 g/mol. The molecule has 1 aliphatic heterocycles. The van der Waals surface area contributed by atoms with E-state index < -0.39 is 65.4 Å². The van der Waals surface area contributed by atoms with Gasteiger partial charge in [-0.25, -0.2) is 13.6 Å². The van der Waals surface area contributed by atoms with Gasteiger partial charge in [0, 0.05) is 35.0 Å². The number of phenolic OH excluding ortho intramolecular Hbond substituents is 1. The summed E-state index contributed by atoms with van der Waals surface area (Å²) in [6.07, 6.45) is -5.48. The molecule has 1 fully saturated rings. The van der Waals surface area contributed by atoms with Crippen molar-refractivity contribution in [2.24, 2.45) is 27.1 Å². The Bertz CT molecular complexity index is 2530. The van der Waals surface area contributed by atoms with E-state index in [0.29, 0.717) is 42.6 Å². The lowest BCUT2D eigenvalue weighted by Crippen LogP contribution is -2.60. The molecule has 3 rings (SSSR count). The van der Waals surface area contributed by atoms with Gasteiger partial charge in [-0.2, -0.15) is 22.0 Å². The Labute approximate surface area is 533 Å². The molecule has 1 atom stereocenters. The third-order valence-electron chi connectivity index (χ3n) is 15.8. The van der Waals surface area contributed by atoms with Gasteiger partial charge in [0.25, 0.3) is 0 Å². The van der Waals surface area contributed by atoms with Gasteiger partial charge in [-0.15, -0.1) is 0 Å². The molecule has 0 aliphatic carbocycles. The molecule has 2 aromatic carbocycles. The molecule has 520 valence electrons. The second kappa shape index (κ2) is 35.0. The highest BCUT2D eigenvalue weighted by Gasteiger charge is 2.45. The van der Waals surface area contributed by atoms with Gasteiger partial charge in [0.1, 0.15) is 31.7 Å². The van der Waals surface area contributed by atoms with Crippen molar-refractivity contribution in [2.45, 2.75) is 284 Å². The van der Waals surface area contributed by atoms with Crippen molar-refractivity contribution < 1.29 is 93.0 Å². The van der Waals surface area contributed by atoms with E-state index in [1.165, 1.54) is 13.8 Å². The Hall–Kier alpha value is -5.47. The van der Waals surface area contributed by atoms with E-state index in [4.69, 9.17) is 18.9 Å². The lowest BCUT2D eigenvalue weighted by Gasteiger charge is -2.46. The first-order valence-corrected chi connectivity index (χ1v) is 30.9. The number of benzene rings is 2. The quantitative estimate of drug-likeness (QED) is 0.0519. The van der Waals surface area contributed by atoms with Crippen molar-refractivity contribution in [2.75, 3.05) is 19.8 Å². The zero-order valence-electron chi connectivity index (χ0n) is 59.0. The normalized spacial score (nSPS) is 15.0. The highest BCUT2D eigenvalue weighted by molar-refractivity contribution is 5.90. The van der Waals surface area contributed by atoms with Crippen LogP contribution in [0.5, 0.6) is 5.75 Å². The molecule has 90 heavy (non-hydrogen) atoms. The Kier molecular flexibility index (Phi) is 33.7. The molecule has 0 saturated carbocycles. The van der Waals surface area contributed by atoms with Crippen LogP contribution in [0.4, 0.5) is 30.7 Å². The lowest BCUT2D eigenvalue weighted by molar-refractivity contribution is -0.221. The fraction of sp³-hybridized carbons (Fsp3) is 0.739. The number of carbonyl (C=O) groups excluding carboxylic acids is 6. The summed E-state index contributed by atoms with van der Waals surface area (Å²) in [5.41, 5.74) is -0.929. The topological polar surface area (TPSA) is 190 Å². The maximum absolute atomic E-state index is 12.6. The summed E-state index contributed by atoms with van der Waals surface area (Å²) in [5, 5.41) is 14.3. The molecule has 0 spiro atoms. The van der Waals surface area contributed by atoms with Crippen LogP contribution in [0, 0.1) is 27.1 Å². The van der Waals surface area contributed by atoms with Crippen molar-refractivity contribution in [1.82, 2.24) is 5.32 Å². The van der Waals surface area contributed by atoms with Gasteiger partial charge in [0.15, 0.2) is 12.7 Å². The van der Waals surface area contributed by atoms with E-state index in [0.717, 1.165) is 38.2 Å². The summed E-state index contributed by atoms with van der Waals surface area (Å²) < 4.78 is 114. The Morgan fingerprint density at radius 2 is 0.900 bits per heavy atom. The Balaban J connectivity index is 0. The van der Waals surface area contributed by atoms with E-state index in [9.17, 15) is 64.6 Å². The smallest absolute Gasteiger partial charge is 0.425 e. The summed E-state index contributed by atoms with van der Waals surface area (Å²) >= 11 is 0. The number of halogens is 7. The molecule has 2 N–H and O–H groups in total. The van der Waals surface area contributed by atoms with Gasteiger partial charge in [0.05, 0.1) is 32.6 Å². The minimum atomic E-state index is -4.49. The molecule has 1 unspecified atom stereocenters. The van der Waals surface area contributed by atoms with Crippen molar-refractivity contribution >= 4 is 35.8 Å². The third kappa shape index (κ3) is 30.8. The molecule has 1 heterocycles. The summed E-state index contributed by atoms with van der Waals surface area (Å²) in [4.78, 5) is 70.7. The Morgan fingerprint density at radius 1 is 0.544 bits per heavy atom. The number of rotatable bonds is 21. The van der Waals surface area contributed by atoms with Gasteiger partial charge in [-0.1, -0.05) is 106 Å². The van der Waals surface area contributed by atoms with Crippen molar-refractivity contribution in [3.63, 3.8) is 0 Å². The highest BCUT2D eigenvalue weighted by Crippen LogP contribution is 2.40. The Morgan fingerprint density at radius 3 is 1.27 bits per heavy atom. The maximum Gasteiger partial charge on any atom is 0.425 e. The average Bonchev–Trinajstić information content (AvgIpc) is 0.811. The first-order chi connectivity index (χ1) is 40.4. The maximum atomic E-state index is 12.6. The number of esters is 6. The summed E-state index contributed by atoms with van der Waals surface area (Å²) in [5.74, 6) is -6.78. The predicted molar refractivity (Wildman–Crippen MR) is 337 cm³/mol. The number of hydrogen-bond donors (Lipinski definition) is 2. The fourth-order valence-electron chi connectivity index (χ4n) is 7.51. The van der Waals surface area contributed by atoms with Gasteiger partial charge in [-0.05, 0) is 164 Å². The number of alkyl halides is 7. The fourth-order valence-corrected chi connectivity index (χ4v) is 7.51. The van der Waals surface area contributed by atoms with Crippen LogP contribution >= 0.6 is 0 Å². The largest absolute Gasteiger partial charge is 0.507 e. The number of hydrogen-bond acceptors (Lipinski definition) is 14. The average molecular weight is 1300 g/mol. The molecule has 1 saturated heterocycles. The first-order valence-electron chi connectivity index (χ1n) is 30.9. The summed E-state index contributed by atoms with van der Waals surface area (Å²) in [6, 6.07) is 13.1. The summed E-state index contributed by atoms with van der Waals surface area (Å²) in [6.45, 7) is 47.0. The van der Waals surface area contributed by atoms with Crippen LogP contribution in [0.25, 0.3) is 0 Å². The van der Waals surface area contributed by atoms with Crippen LogP contribution in [-0.2, 0) is 69.8 Å². The number of aromatic hydroxyl groups is 1. The number of carbonyl (C=O) groups is 6. The van der Waals surface area contributed by atoms with Crippen LogP contribution in [0.3, 0.4) is 0 Å². The van der Waals surface area contributed by atoms with E-state index >= 15 is 0 Å². The molecule has 2 aromatic rings. The zero-order valence-corrected chi connectivity index (χ0v) is 59.0. The SMILES string of the molecule is CCC(C)(C)C(=O)OC(C)C(F)(F)F.CCC(C)(C)C(=O)OC1CC(C)(C)NC(C)(C)C1.CCC(C)(C)C(=O)OCC(F)(F)C(F)F.CCC(C)(C)C(=O)OCCOC(=O)c1cc(C(C)(C)C)c(O)c(C(C)(C)C)c1.CCC(C)(C)C(=O)OCc1ccccc1. The van der Waals surface area contributed by atoms with Crippen molar-refractivity contribution in [1.29, 1.82) is 0 Å². The number of nitrogens with one attached hydrogen (secondary N) is 1. The monoisotopic (exact) mass is 1300 g/mol. The molecule has 0 aromatic heterocycles. The summed E-state index contributed by atoms with van der Waals surface area (Å²) in [7, 11) is 0. The minimum absolute atomic E-state index is 0.0129. The van der Waals surface area contributed by atoms with Gasteiger partial charge in [-0.3, -0.25) is 24.0 Å². The lowest BCUT2D eigenvalue weighted by atomic mass is 9.78. The minimum Gasteiger partial charge on any atom is -0.507 e. The van der Waals surface area contributed by atoms with Gasteiger partial charge in [0.2, 0.25) is 0 Å². The highest BCUT2D eigenvalue weighted by atomic mass is 19.4. The van der Waals surface area contributed by atoms with E-state index in [-0.39, 0.29) is 75.7 Å². The molecule has 0 bridgehead atoms. The second-order valence-corrected chi connectivity index (χ2v) is 29.5. The molecule has 0 radical (unpaired) electrons. The molecule has 14 nitrogen and oxygen atoms in total. The van der Waals surface area contributed by atoms with Gasteiger partial charge < -0.3 is 38.8 Å². The van der Waals surface area contributed by atoms with Crippen LogP contribution < -0.4 is 5.32 Å². The predicted octanol–water partition coefficient (Wildman–Crippen LogP) is 17.3. The van der Waals surface area contributed by atoms with E-state index in [1.807, 2.05) is 134 Å². The number of phenols is 1. The van der Waals surface area contributed by atoms with E-state index in [2.05, 4.69) is 42.5 Å². The molecule has 1 aliphatic rings. The molecule has 21 heteroatoms. The van der Waals surface area contributed by atoms with Crippen LogP contribution in [0.15, 0.2) is 42.5 Å². The van der Waals surface area contributed by atoms with Crippen LogP contribution in [0.1, 0.15) is 252 Å². The van der Waals surface area contributed by atoms with Crippen molar-refractivity contribution in [3.05, 3.63) is 64.7 Å². The van der Waals surface area contributed by atoms with Crippen LogP contribution in [0.2, 0.25) is 0 Å². The zero-order chi connectivity index (χ0) is 71.3. The molecular formula is C69H112F7NO13. The number of ether oxygens (including phenoxy) is 6. The third-order valence-corrected chi connectivity index (χ3v) is 15.8. The van der Waals surface area contributed by atoms with E-state index in [1.54, 1.807) is 39.8 Å². The van der Waals surface area contributed by atoms with Crippen LogP contribution in [-0.4, -0.2) is 103 Å². The molecule has 0 amide bonds. The first kappa shape index (κ1) is 86.6. The second-order valence-electron chi connectivity index (χ2n) is 29.5. The van der Waals surface area contributed by atoms with Crippen molar-refractivity contribution in [3.8, 4) is 5.75 Å². The van der Waals surface area contributed by atoms with Gasteiger partial charge >= 0.3 is 54.3 Å². The standard InChI is InChI=1S/C23H36O5.C15H29NO2.C13H18O2.C9H14F4O2.C9H15F3O2/c1-10-23(8,9)20(26)28-12-11-27-19(25)15-13-16(21(2,3)4)18(24)17(14-15)22(5,6)7;1-8-13(2,3)12(17)18-11-9-14(4,5)16-15(6,7)10-11;1-4-13(2,3)12(14)15-10-11-8-6-5-7-9-11;1-4-8(2,3)7(14)15-5-9(12,13)6(10)11;1-5-8(3,4)7(13)14-6(2)9(10,11)12/h13-14,24H,10-12H2,1-9H3;11,16H,8-10H2,1-7H3;5-9H,4,10H2,1-3H3;6H,4-5H2,1-3H3;6H,5H2,1-4H3. The number of piperidine rings is 1.